The van der Waals surface area contributed by atoms with Gasteiger partial charge in [-0.1, -0.05) is 20.8 Å². The Morgan fingerprint density at radius 2 is 1.91 bits per heavy atom. The van der Waals surface area contributed by atoms with Crippen LogP contribution in [0.25, 0.3) is 0 Å². The number of carbonyl (C=O) groups excluding carboxylic acids is 1. The summed E-state index contributed by atoms with van der Waals surface area (Å²) in [5.41, 5.74) is 5.91. The van der Waals surface area contributed by atoms with Gasteiger partial charge < -0.3 is 15.6 Å². The molecule has 4 atom stereocenters. The van der Waals surface area contributed by atoms with E-state index in [0.717, 1.165) is 19.3 Å². The van der Waals surface area contributed by atoms with E-state index in [1.807, 2.05) is 0 Å². The van der Waals surface area contributed by atoms with Gasteiger partial charge in [0.05, 0.1) is 0 Å². The lowest BCUT2D eigenvalue weighted by atomic mass is 9.78. The van der Waals surface area contributed by atoms with Crippen LogP contribution in [0.3, 0.4) is 0 Å². The van der Waals surface area contributed by atoms with Gasteiger partial charge in [0.15, 0.2) is 0 Å². The number of ether oxygens (including phenoxy) is 1. The zero-order valence-corrected chi connectivity index (χ0v) is 13.7. The molecule has 0 aromatic heterocycles. The number of amides is 1. The van der Waals surface area contributed by atoms with Gasteiger partial charge in [-0.15, -0.1) is 0 Å². The number of carboxylic acid groups (broad SMARTS) is 1. The van der Waals surface area contributed by atoms with Crippen LogP contribution in [-0.2, 0) is 9.53 Å². The van der Waals surface area contributed by atoms with E-state index >= 15 is 0 Å². The number of hydrogen-bond acceptors (Lipinski definition) is 4. The predicted molar refractivity (Wildman–Crippen MR) is 82.4 cm³/mol. The van der Waals surface area contributed by atoms with E-state index in [1.54, 1.807) is 0 Å². The minimum absolute atomic E-state index is 0.0812. The molecule has 126 valence electrons. The topological polar surface area (TPSA) is 92.9 Å². The molecule has 1 aliphatic heterocycles. The highest BCUT2D eigenvalue weighted by molar-refractivity contribution is 5.80. The van der Waals surface area contributed by atoms with Gasteiger partial charge in [-0.25, -0.2) is 9.59 Å². The maximum absolute atomic E-state index is 12.4. The standard InChI is InChI=1S/C16H28N2O4/c1-16(2,3)11-5-4-6-13(11)22-15(21)18-8-7-10(17)9-12(18)14(19)20/h10-13H,4-9,17H2,1-3H3,(H,19,20)/t10?,11?,12-,13?/m1/s1. The number of piperidine rings is 1. The first-order valence-corrected chi connectivity index (χ1v) is 8.15. The molecule has 0 radical (unpaired) electrons. The molecule has 2 aliphatic rings. The largest absolute Gasteiger partial charge is 0.480 e. The maximum Gasteiger partial charge on any atom is 0.410 e. The fourth-order valence-electron chi connectivity index (χ4n) is 3.70. The Bertz CT molecular complexity index is 432. The maximum atomic E-state index is 12.4. The molecule has 1 amide bonds. The quantitative estimate of drug-likeness (QED) is 0.815. The zero-order valence-electron chi connectivity index (χ0n) is 13.7. The molecule has 3 unspecified atom stereocenters. The lowest BCUT2D eigenvalue weighted by Crippen LogP contribution is -2.54. The van der Waals surface area contributed by atoms with E-state index in [1.165, 1.54) is 4.90 Å². The van der Waals surface area contributed by atoms with Crippen molar-refractivity contribution in [2.45, 2.75) is 71.1 Å². The molecule has 6 nitrogen and oxygen atoms in total. The van der Waals surface area contributed by atoms with Crippen molar-refractivity contribution < 1.29 is 19.4 Å². The van der Waals surface area contributed by atoms with Gasteiger partial charge in [0.25, 0.3) is 0 Å². The van der Waals surface area contributed by atoms with Gasteiger partial charge in [-0.05, 0) is 37.5 Å². The SMILES string of the molecule is CC(C)(C)C1CCCC1OC(=O)N1CCC(N)C[C@@H]1C(=O)O. The summed E-state index contributed by atoms with van der Waals surface area (Å²) in [4.78, 5) is 25.2. The normalized spacial score (nSPS) is 32.8. The fraction of sp³-hybridized carbons (Fsp3) is 0.875. The lowest BCUT2D eigenvalue weighted by Gasteiger charge is -2.37. The van der Waals surface area contributed by atoms with E-state index in [2.05, 4.69) is 20.8 Å². The summed E-state index contributed by atoms with van der Waals surface area (Å²) in [7, 11) is 0. The van der Waals surface area contributed by atoms with Crippen molar-refractivity contribution in [3.05, 3.63) is 0 Å². The molecule has 2 fully saturated rings. The molecular weight excluding hydrogens is 284 g/mol. The third kappa shape index (κ3) is 3.72. The van der Waals surface area contributed by atoms with Crippen LogP contribution in [0.4, 0.5) is 4.79 Å². The second-order valence-electron chi connectivity index (χ2n) is 7.66. The molecular formula is C16H28N2O4. The lowest BCUT2D eigenvalue weighted by molar-refractivity contribution is -0.144. The third-order valence-corrected chi connectivity index (χ3v) is 4.98. The highest BCUT2D eigenvalue weighted by Gasteiger charge is 2.41. The Balaban J connectivity index is 2.03. The second kappa shape index (κ2) is 6.44. The molecule has 1 saturated carbocycles. The van der Waals surface area contributed by atoms with Gasteiger partial charge in [-0.3, -0.25) is 4.90 Å². The minimum atomic E-state index is -1.01. The average Bonchev–Trinajstić information content (AvgIpc) is 2.86. The summed E-state index contributed by atoms with van der Waals surface area (Å²) >= 11 is 0. The molecule has 1 saturated heterocycles. The van der Waals surface area contributed by atoms with E-state index in [9.17, 15) is 14.7 Å². The summed E-state index contributed by atoms with van der Waals surface area (Å²) in [5.74, 6) is -0.683. The molecule has 1 heterocycles. The first-order valence-electron chi connectivity index (χ1n) is 8.15. The van der Waals surface area contributed by atoms with Crippen molar-refractivity contribution in [2.24, 2.45) is 17.1 Å². The van der Waals surface area contributed by atoms with Crippen molar-refractivity contribution in [3.8, 4) is 0 Å². The molecule has 0 aromatic carbocycles. The number of carboxylic acids is 1. The second-order valence-corrected chi connectivity index (χ2v) is 7.66. The number of hydrogen-bond donors (Lipinski definition) is 2. The molecule has 0 bridgehead atoms. The number of nitrogens with two attached hydrogens (primary N) is 1. The van der Waals surface area contributed by atoms with Crippen LogP contribution in [0.5, 0.6) is 0 Å². The number of aliphatic carboxylic acids is 1. The smallest absolute Gasteiger partial charge is 0.410 e. The molecule has 0 spiro atoms. The van der Waals surface area contributed by atoms with Crippen molar-refractivity contribution in [2.75, 3.05) is 6.54 Å². The van der Waals surface area contributed by atoms with Gasteiger partial charge in [-0.2, -0.15) is 0 Å². The monoisotopic (exact) mass is 312 g/mol. The number of likely N-dealkylation sites (tertiary alicyclic amines) is 1. The summed E-state index contributed by atoms with van der Waals surface area (Å²) in [6.07, 6.45) is 3.25. The molecule has 2 rings (SSSR count). The van der Waals surface area contributed by atoms with Gasteiger partial charge in [0.1, 0.15) is 12.1 Å². The molecule has 6 heteroatoms. The summed E-state index contributed by atoms with van der Waals surface area (Å²) in [6.45, 7) is 6.82. The van der Waals surface area contributed by atoms with Crippen LogP contribution in [0, 0.1) is 11.3 Å². The first kappa shape index (κ1) is 17.1. The Kier molecular flexibility index (Phi) is 5.00. The van der Waals surface area contributed by atoms with Gasteiger partial charge >= 0.3 is 12.1 Å². The van der Waals surface area contributed by atoms with Crippen LogP contribution in [0.15, 0.2) is 0 Å². The third-order valence-electron chi connectivity index (χ3n) is 4.98. The van der Waals surface area contributed by atoms with Crippen molar-refractivity contribution in [1.29, 1.82) is 0 Å². The zero-order chi connectivity index (χ0) is 16.5. The number of rotatable bonds is 2. The molecule has 3 N–H and O–H groups in total. The van der Waals surface area contributed by atoms with Crippen molar-refractivity contribution in [3.63, 3.8) is 0 Å². The van der Waals surface area contributed by atoms with Crippen LogP contribution < -0.4 is 5.73 Å². The van der Waals surface area contributed by atoms with Crippen LogP contribution in [0.2, 0.25) is 0 Å². The molecule has 22 heavy (non-hydrogen) atoms. The van der Waals surface area contributed by atoms with Crippen molar-refractivity contribution >= 4 is 12.1 Å². The van der Waals surface area contributed by atoms with Gasteiger partial charge in [0, 0.05) is 18.5 Å². The number of nitrogens with zero attached hydrogens (tertiary/aromatic N) is 1. The van der Waals surface area contributed by atoms with E-state index < -0.39 is 18.1 Å². The van der Waals surface area contributed by atoms with Crippen LogP contribution in [0.1, 0.15) is 52.9 Å². The first-order chi connectivity index (χ1) is 10.2. The fourth-order valence-corrected chi connectivity index (χ4v) is 3.70. The Morgan fingerprint density at radius 3 is 2.50 bits per heavy atom. The van der Waals surface area contributed by atoms with E-state index in [0.29, 0.717) is 18.9 Å². The summed E-state index contributed by atoms with van der Waals surface area (Å²) in [5, 5.41) is 9.31. The van der Waals surface area contributed by atoms with E-state index in [-0.39, 0.29) is 24.0 Å². The summed E-state index contributed by atoms with van der Waals surface area (Å²) < 4.78 is 5.69. The van der Waals surface area contributed by atoms with Gasteiger partial charge in [0.2, 0.25) is 0 Å². The highest BCUT2D eigenvalue weighted by atomic mass is 16.6. The Morgan fingerprint density at radius 1 is 1.23 bits per heavy atom. The minimum Gasteiger partial charge on any atom is -0.480 e. The Labute approximate surface area is 132 Å². The van der Waals surface area contributed by atoms with Crippen LogP contribution in [-0.4, -0.2) is 46.8 Å². The van der Waals surface area contributed by atoms with E-state index in [4.69, 9.17) is 10.5 Å². The van der Waals surface area contributed by atoms with Crippen molar-refractivity contribution in [1.82, 2.24) is 4.90 Å². The number of carbonyl (C=O) groups is 2. The molecule has 1 aliphatic carbocycles. The summed E-state index contributed by atoms with van der Waals surface area (Å²) in [6, 6.07) is -1.04. The molecule has 0 aromatic rings. The predicted octanol–water partition coefficient (Wildman–Crippen LogP) is 2.21. The Hall–Kier alpha value is -1.30. The van der Waals surface area contributed by atoms with Crippen LogP contribution >= 0.6 is 0 Å². The highest BCUT2D eigenvalue weighted by Crippen LogP contribution is 2.41. The average molecular weight is 312 g/mol.